The third-order valence-corrected chi connectivity index (χ3v) is 5.75. The lowest BCUT2D eigenvalue weighted by atomic mass is 9.79. The number of anilines is 1. The SMILES string of the molecule is CC1C=CC=CC1(C)Nc1ccc(B2OC(C)(C)C(C)(C)O2)cc1. The first-order valence-electron chi connectivity index (χ1n) is 8.73. The maximum absolute atomic E-state index is 6.11. The average molecular weight is 325 g/mol. The van der Waals surface area contributed by atoms with Gasteiger partial charge in [0.05, 0.1) is 16.7 Å². The van der Waals surface area contributed by atoms with Crippen LogP contribution in [0.3, 0.4) is 0 Å². The van der Waals surface area contributed by atoms with Crippen molar-refractivity contribution < 1.29 is 9.31 Å². The van der Waals surface area contributed by atoms with Gasteiger partial charge in [-0.15, -0.1) is 0 Å². The van der Waals surface area contributed by atoms with Crippen LogP contribution in [0.5, 0.6) is 0 Å². The molecule has 1 aliphatic carbocycles. The van der Waals surface area contributed by atoms with E-state index >= 15 is 0 Å². The summed E-state index contributed by atoms with van der Waals surface area (Å²) in [6.45, 7) is 12.8. The molecule has 1 heterocycles. The van der Waals surface area contributed by atoms with Crippen LogP contribution in [-0.4, -0.2) is 23.9 Å². The molecule has 0 amide bonds. The second-order valence-electron chi connectivity index (χ2n) is 8.15. The van der Waals surface area contributed by atoms with Gasteiger partial charge in [0.1, 0.15) is 0 Å². The zero-order chi connectivity index (χ0) is 17.6. The van der Waals surface area contributed by atoms with Crippen LogP contribution >= 0.6 is 0 Å². The van der Waals surface area contributed by atoms with E-state index in [-0.39, 0.29) is 23.9 Å². The zero-order valence-corrected chi connectivity index (χ0v) is 15.6. The maximum atomic E-state index is 6.11. The van der Waals surface area contributed by atoms with Gasteiger partial charge in [0.2, 0.25) is 0 Å². The average Bonchev–Trinajstić information content (AvgIpc) is 2.71. The first-order chi connectivity index (χ1) is 11.1. The number of allylic oxidation sites excluding steroid dienone is 2. The number of hydrogen-bond acceptors (Lipinski definition) is 3. The minimum Gasteiger partial charge on any atom is -0.399 e. The lowest BCUT2D eigenvalue weighted by Crippen LogP contribution is -2.41. The molecule has 3 rings (SSSR count). The summed E-state index contributed by atoms with van der Waals surface area (Å²) in [5.41, 5.74) is 1.47. The summed E-state index contributed by atoms with van der Waals surface area (Å²) in [7, 11) is -0.309. The Balaban J connectivity index is 1.73. The van der Waals surface area contributed by atoms with Gasteiger partial charge in [-0.1, -0.05) is 43.4 Å². The van der Waals surface area contributed by atoms with Crippen LogP contribution in [0.2, 0.25) is 0 Å². The van der Waals surface area contributed by atoms with Crippen LogP contribution in [-0.2, 0) is 9.31 Å². The Morgan fingerprint density at radius 3 is 2.04 bits per heavy atom. The molecule has 1 aromatic carbocycles. The van der Waals surface area contributed by atoms with Gasteiger partial charge >= 0.3 is 7.12 Å². The molecule has 4 heteroatoms. The normalized spacial score (nSPS) is 30.6. The first-order valence-corrected chi connectivity index (χ1v) is 8.73. The Kier molecular flexibility index (Phi) is 4.17. The lowest BCUT2D eigenvalue weighted by Gasteiger charge is -2.35. The Morgan fingerprint density at radius 2 is 1.50 bits per heavy atom. The molecule has 0 saturated carbocycles. The highest BCUT2D eigenvalue weighted by Crippen LogP contribution is 2.36. The number of rotatable bonds is 3. The van der Waals surface area contributed by atoms with Crippen LogP contribution in [0.25, 0.3) is 0 Å². The summed E-state index contributed by atoms with van der Waals surface area (Å²) in [6, 6.07) is 8.37. The first kappa shape index (κ1) is 17.3. The van der Waals surface area contributed by atoms with Crippen molar-refractivity contribution in [2.24, 2.45) is 5.92 Å². The summed E-state index contributed by atoms with van der Waals surface area (Å²) in [4.78, 5) is 0. The van der Waals surface area contributed by atoms with E-state index in [1.165, 1.54) is 0 Å². The lowest BCUT2D eigenvalue weighted by molar-refractivity contribution is 0.00578. The van der Waals surface area contributed by atoms with Gasteiger partial charge < -0.3 is 14.6 Å². The molecule has 24 heavy (non-hydrogen) atoms. The zero-order valence-electron chi connectivity index (χ0n) is 15.6. The van der Waals surface area contributed by atoms with Gasteiger partial charge in [0.25, 0.3) is 0 Å². The van der Waals surface area contributed by atoms with Crippen molar-refractivity contribution in [1.29, 1.82) is 0 Å². The summed E-state index contributed by atoms with van der Waals surface area (Å²) in [5, 5.41) is 3.64. The standard InChI is InChI=1S/C20H28BNO2/c1-15-9-7-8-14-20(15,6)22-17-12-10-16(11-13-17)21-23-18(2,3)19(4,5)24-21/h7-15,22H,1-6H3. The molecule has 128 valence electrons. The molecule has 1 fully saturated rings. The van der Waals surface area contributed by atoms with Crippen molar-refractivity contribution in [2.75, 3.05) is 5.32 Å². The van der Waals surface area contributed by atoms with E-state index in [0.29, 0.717) is 5.92 Å². The topological polar surface area (TPSA) is 30.5 Å². The predicted molar refractivity (Wildman–Crippen MR) is 102 cm³/mol. The minimum atomic E-state index is -0.309. The Bertz CT molecular complexity index is 647. The molecule has 1 saturated heterocycles. The van der Waals surface area contributed by atoms with Crippen LogP contribution < -0.4 is 10.8 Å². The van der Waals surface area contributed by atoms with E-state index in [0.717, 1.165) is 11.2 Å². The highest BCUT2D eigenvalue weighted by molar-refractivity contribution is 6.62. The van der Waals surface area contributed by atoms with Crippen molar-refractivity contribution in [3.05, 3.63) is 48.6 Å². The number of hydrogen-bond donors (Lipinski definition) is 1. The van der Waals surface area contributed by atoms with E-state index in [9.17, 15) is 0 Å². The summed E-state index contributed by atoms with van der Waals surface area (Å²) < 4.78 is 12.2. The molecule has 2 aliphatic rings. The van der Waals surface area contributed by atoms with Crippen molar-refractivity contribution in [1.82, 2.24) is 0 Å². The van der Waals surface area contributed by atoms with E-state index in [2.05, 4.69) is 95.4 Å². The Morgan fingerprint density at radius 1 is 0.917 bits per heavy atom. The fourth-order valence-corrected chi connectivity index (χ4v) is 3.01. The van der Waals surface area contributed by atoms with Crippen LogP contribution in [0.15, 0.2) is 48.6 Å². The molecule has 2 unspecified atom stereocenters. The maximum Gasteiger partial charge on any atom is 0.494 e. The monoisotopic (exact) mass is 325 g/mol. The van der Waals surface area contributed by atoms with E-state index in [1.54, 1.807) is 0 Å². The fourth-order valence-electron chi connectivity index (χ4n) is 3.01. The van der Waals surface area contributed by atoms with Gasteiger partial charge in [-0.3, -0.25) is 0 Å². The van der Waals surface area contributed by atoms with Crippen LogP contribution in [0.1, 0.15) is 41.5 Å². The molecular weight excluding hydrogens is 297 g/mol. The Hall–Kier alpha value is -1.52. The molecule has 0 spiro atoms. The fraction of sp³-hybridized carbons (Fsp3) is 0.500. The van der Waals surface area contributed by atoms with Gasteiger partial charge in [-0.25, -0.2) is 0 Å². The van der Waals surface area contributed by atoms with Crippen molar-refractivity contribution >= 4 is 18.3 Å². The highest BCUT2D eigenvalue weighted by atomic mass is 16.7. The minimum absolute atomic E-state index is 0.0688. The summed E-state index contributed by atoms with van der Waals surface area (Å²) >= 11 is 0. The molecule has 0 bridgehead atoms. The van der Waals surface area contributed by atoms with Gasteiger partial charge in [0.15, 0.2) is 0 Å². The van der Waals surface area contributed by atoms with Gasteiger partial charge in [-0.2, -0.15) is 0 Å². The third kappa shape index (κ3) is 3.05. The van der Waals surface area contributed by atoms with Crippen LogP contribution in [0.4, 0.5) is 5.69 Å². The van der Waals surface area contributed by atoms with E-state index < -0.39 is 0 Å². The summed E-state index contributed by atoms with van der Waals surface area (Å²) in [5.74, 6) is 0.435. The highest BCUT2D eigenvalue weighted by Gasteiger charge is 2.51. The number of benzene rings is 1. The molecule has 3 nitrogen and oxygen atoms in total. The van der Waals surface area contributed by atoms with E-state index in [4.69, 9.17) is 9.31 Å². The molecule has 1 aliphatic heterocycles. The predicted octanol–water partition coefficient (Wildman–Crippen LogP) is 3.92. The molecule has 2 atom stereocenters. The summed E-state index contributed by atoms with van der Waals surface area (Å²) in [6.07, 6.45) is 8.66. The largest absolute Gasteiger partial charge is 0.494 e. The van der Waals surface area contributed by atoms with Crippen LogP contribution in [0, 0.1) is 5.92 Å². The number of nitrogens with one attached hydrogen (secondary N) is 1. The molecule has 1 N–H and O–H groups in total. The van der Waals surface area contributed by atoms with Crippen molar-refractivity contribution in [3.63, 3.8) is 0 Å². The molecular formula is C20H28BNO2. The van der Waals surface area contributed by atoms with E-state index in [1.807, 2.05) is 0 Å². The van der Waals surface area contributed by atoms with Gasteiger partial charge in [-0.05, 0) is 52.2 Å². The smallest absolute Gasteiger partial charge is 0.399 e. The Labute approximate surface area is 146 Å². The second-order valence-corrected chi connectivity index (χ2v) is 8.15. The third-order valence-electron chi connectivity index (χ3n) is 5.75. The van der Waals surface area contributed by atoms with Gasteiger partial charge in [0, 0.05) is 11.6 Å². The molecule has 0 radical (unpaired) electrons. The second kappa shape index (κ2) is 5.78. The van der Waals surface area contributed by atoms with Crippen molar-refractivity contribution in [2.45, 2.75) is 58.3 Å². The van der Waals surface area contributed by atoms with Crippen molar-refractivity contribution in [3.8, 4) is 0 Å². The molecule has 0 aromatic heterocycles. The molecule has 1 aromatic rings. The quantitative estimate of drug-likeness (QED) is 0.855.